The molecule has 1 aliphatic rings. The van der Waals surface area contributed by atoms with Gasteiger partial charge in [-0.25, -0.2) is 8.78 Å². The Morgan fingerprint density at radius 1 is 1.31 bits per heavy atom. The lowest BCUT2D eigenvalue weighted by molar-refractivity contribution is -0.0164. The Labute approximate surface area is 92.7 Å². The molecule has 0 spiro atoms. The first kappa shape index (κ1) is 11.0. The lowest BCUT2D eigenvalue weighted by atomic mass is 10.1. The van der Waals surface area contributed by atoms with Crippen LogP contribution >= 0.6 is 0 Å². The van der Waals surface area contributed by atoms with Gasteiger partial charge in [0.15, 0.2) is 0 Å². The number of alkyl halides is 2. The number of rotatable bonds is 2. The number of hydrogen-bond donors (Lipinski definition) is 1. The highest BCUT2D eigenvalue weighted by molar-refractivity contribution is 5.94. The Morgan fingerprint density at radius 3 is 2.56 bits per heavy atom. The van der Waals surface area contributed by atoms with E-state index in [0.717, 1.165) is 0 Å². The van der Waals surface area contributed by atoms with Crippen molar-refractivity contribution in [3.8, 4) is 0 Å². The van der Waals surface area contributed by atoms with Crippen molar-refractivity contribution in [2.45, 2.75) is 31.2 Å². The van der Waals surface area contributed by atoms with Gasteiger partial charge in [0, 0.05) is 12.0 Å². The summed E-state index contributed by atoms with van der Waals surface area (Å²) in [5.41, 5.74) is 0.421. The van der Waals surface area contributed by atoms with Crippen molar-refractivity contribution < 1.29 is 13.6 Å². The molecule has 0 aliphatic heterocycles. The van der Waals surface area contributed by atoms with E-state index in [2.05, 4.69) is 5.32 Å². The summed E-state index contributed by atoms with van der Waals surface area (Å²) in [6.45, 7) is 0. The standard InChI is InChI=1S/C12H13F2NO/c13-12(14)8-4-7-10(12)15-11(16)9-5-2-1-3-6-9/h1-3,5-6,10H,4,7-8H2,(H,15,16). The summed E-state index contributed by atoms with van der Waals surface area (Å²) in [7, 11) is 0. The van der Waals surface area contributed by atoms with E-state index in [0.29, 0.717) is 18.4 Å². The predicted molar refractivity (Wildman–Crippen MR) is 56.5 cm³/mol. The van der Waals surface area contributed by atoms with E-state index in [1.165, 1.54) is 0 Å². The summed E-state index contributed by atoms with van der Waals surface area (Å²) in [6.07, 6.45) is 0.686. The zero-order chi connectivity index (χ0) is 11.6. The fraction of sp³-hybridized carbons (Fsp3) is 0.417. The maximum atomic E-state index is 13.3. The van der Waals surface area contributed by atoms with Crippen molar-refractivity contribution in [2.75, 3.05) is 0 Å². The Hall–Kier alpha value is -1.45. The van der Waals surface area contributed by atoms with E-state index in [9.17, 15) is 13.6 Å². The molecule has 86 valence electrons. The van der Waals surface area contributed by atoms with Gasteiger partial charge in [0.2, 0.25) is 0 Å². The molecule has 0 bridgehead atoms. The topological polar surface area (TPSA) is 29.1 Å². The maximum absolute atomic E-state index is 13.3. The third-order valence-corrected chi connectivity index (χ3v) is 2.85. The molecule has 16 heavy (non-hydrogen) atoms. The number of amides is 1. The molecule has 1 atom stereocenters. The van der Waals surface area contributed by atoms with Crippen LogP contribution in [0, 0.1) is 0 Å². The minimum absolute atomic E-state index is 0.132. The Bertz CT molecular complexity index is 378. The maximum Gasteiger partial charge on any atom is 0.267 e. The third-order valence-electron chi connectivity index (χ3n) is 2.85. The largest absolute Gasteiger partial charge is 0.343 e. The predicted octanol–water partition coefficient (Wildman–Crippen LogP) is 2.60. The molecule has 2 rings (SSSR count). The SMILES string of the molecule is O=C(NC1CCCC1(F)F)c1ccccc1. The number of nitrogens with one attached hydrogen (secondary N) is 1. The number of hydrogen-bond acceptors (Lipinski definition) is 1. The quantitative estimate of drug-likeness (QED) is 0.823. The number of halogens is 2. The van der Waals surface area contributed by atoms with Gasteiger partial charge in [0.1, 0.15) is 0 Å². The molecule has 4 heteroatoms. The average Bonchev–Trinajstić information content (AvgIpc) is 2.59. The van der Waals surface area contributed by atoms with Crippen molar-refractivity contribution in [1.29, 1.82) is 0 Å². The van der Waals surface area contributed by atoms with Crippen molar-refractivity contribution in [3.63, 3.8) is 0 Å². The van der Waals surface area contributed by atoms with Gasteiger partial charge in [-0.1, -0.05) is 18.2 Å². The van der Waals surface area contributed by atoms with Gasteiger partial charge in [0.05, 0.1) is 6.04 Å². The third kappa shape index (κ3) is 2.21. The summed E-state index contributed by atoms with van der Waals surface area (Å²) < 4.78 is 26.5. The summed E-state index contributed by atoms with van der Waals surface area (Å²) in [5.74, 6) is -3.18. The Kier molecular flexibility index (Phi) is 2.90. The molecule has 1 N–H and O–H groups in total. The lowest BCUT2D eigenvalue weighted by Gasteiger charge is -2.20. The van der Waals surface area contributed by atoms with E-state index in [4.69, 9.17) is 0 Å². The Morgan fingerprint density at radius 2 is 2.00 bits per heavy atom. The van der Waals surface area contributed by atoms with Crippen LogP contribution in [0.15, 0.2) is 30.3 Å². The van der Waals surface area contributed by atoms with Gasteiger partial charge in [-0.05, 0) is 25.0 Å². The molecule has 0 heterocycles. The fourth-order valence-corrected chi connectivity index (χ4v) is 1.94. The van der Waals surface area contributed by atoms with Gasteiger partial charge >= 0.3 is 0 Å². The van der Waals surface area contributed by atoms with Crippen molar-refractivity contribution in [2.24, 2.45) is 0 Å². The van der Waals surface area contributed by atoms with Gasteiger partial charge in [-0.2, -0.15) is 0 Å². The van der Waals surface area contributed by atoms with E-state index in [-0.39, 0.29) is 6.42 Å². The normalized spacial score (nSPS) is 23.0. The lowest BCUT2D eigenvalue weighted by Crippen LogP contribution is -2.43. The molecular weight excluding hydrogens is 212 g/mol. The van der Waals surface area contributed by atoms with Crippen LogP contribution in [-0.4, -0.2) is 17.9 Å². The summed E-state index contributed by atoms with van der Waals surface area (Å²) in [6, 6.07) is 7.41. The van der Waals surface area contributed by atoms with Crippen LogP contribution in [0.5, 0.6) is 0 Å². The van der Waals surface area contributed by atoms with E-state index in [1.54, 1.807) is 30.3 Å². The molecule has 1 saturated carbocycles. The van der Waals surface area contributed by atoms with Gasteiger partial charge in [-0.15, -0.1) is 0 Å². The molecular formula is C12H13F2NO. The zero-order valence-corrected chi connectivity index (χ0v) is 8.75. The van der Waals surface area contributed by atoms with Gasteiger partial charge in [0.25, 0.3) is 11.8 Å². The van der Waals surface area contributed by atoms with E-state index < -0.39 is 17.9 Å². The first-order valence-electron chi connectivity index (χ1n) is 5.33. The van der Waals surface area contributed by atoms with Crippen LogP contribution in [0.25, 0.3) is 0 Å². The van der Waals surface area contributed by atoms with Crippen LogP contribution in [0.2, 0.25) is 0 Å². The summed E-state index contributed by atoms with van der Waals surface area (Å²) in [5, 5.41) is 2.40. The van der Waals surface area contributed by atoms with E-state index >= 15 is 0 Å². The monoisotopic (exact) mass is 225 g/mol. The fourth-order valence-electron chi connectivity index (χ4n) is 1.94. The van der Waals surface area contributed by atoms with Crippen molar-refractivity contribution in [1.82, 2.24) is 5.32 Å². The second-order valence-corrected chi connectivity index (χ2v) is 4.05. The number of carbonyl (C=O) groups excluding carboxylic acids is 1. The molecule has 1 aliphatic carbocycles. The van der Waals surface area contributed by atoms with Crippen molar-refractivity contribution in [3.05, 3.63) is 35.9 Å². The first-order chi connectivity index (χ1) is 7.59. The summed E-state index contributed by atoms with van der Waals surface area (Å²) >= 11 is 0. The average molecular weight is 225 g/mol. The van der Waals surface area contributed by atoms with Gasteiger partial charge < -0.3 is 5.32 Å². The Balaban J connectivity index is 2.03. The highest BCUT2D eigenvalue weighted by atomic mass is 19.3. The molecule has 2 nitrogen and oxygen atoms in total. The molecule has 0 radical (unpaired) electrons. The van der Waals surface area contributed by atoms with Crippen LogP contribution < -0.4 is 5.32 Å². The van der Waals surface area contributed by atoms with Crippen LogP contribution in [-0.2, 0) is 0 Å². The first-order valence-corrected chi connectivity index (χ1v) is 5.33. The highest BCUT2D eigenvalue weighted by Crippen LogP contribution is 2.35. The summed E-state index contributed by atoms with van der Waals surface area (Å²) in [4.78, 5) is 11.6. The van der Waals surface area contributed by atoms with E-state index in [1.807, 2.05) is 0 Å². The zero-order valence-electron chi connectivity index (χ0n) is 8.75. The molecule has 1 unspecified atom stereocenters. The van der Waals surface area contributed by atoms with Crippen molar-refractivity contribution >= 4 is 5.91 Å². The second-order valence-electron chi connectivity index (χ2n) is 4.05. The minimum Gasteiger partial charge on any atom is -0.343 e. The minimum atomic E-state index is -2.76. The smallest absolute Gasteiger partial charge is 0.267 e. The molecule has 0 aromatic heterocycles. The molecule has 0 saturated heterocycles. The second kappa shape index (κ2) is 4.20. The molecule has 1 amide bonds. The molecule has 1 aromatic rings. The van der Waals surface area contributed by atoms with Crippen LogP contribution in [0.4, 0.5) is 8.78 Å². The van der Waals surface area contributed by atoms with Crippen LogP contribution in [0.1, 0.15) is 29.6 Å². The number of benzene rings is 1. The van der Waals surface area contributed by atoms with Gasteiger partial charge in [-0.3, -0.25) is 4.79 Å². The molecule has 1 aromatic carbocycles. The van der Waals surface area contributed by atoms with Crippen LogP contribution in [0.3, 0.4) is 0 Å². The highest BCUT2D eigenvalue weighted by Gasteiger charge is 2.44. The number of carbonyl (C=O) groups is 1. The molecule has 1 fully saturated rings.